The Morgan fingerprint density at radius 2 is 2.07 bits per heavy atom. The lowest BCUT2D eigenvalue weighted by Gasteiger charge is -2.26. The van der Waals surface area contributed by atoms with Crippen LogP contribution in [0.15, 0.2) is 18.2 Å². The zero-order chi connectivity index (χ0) is 22.5. The molecule has 164 valence electrons. The van der Waals surface area contributed by atoms with Crippen LogP contribution in [0.4, 0.5) is 5.69 Å². The third kappa shape index (κ3) is 6.13. The number of benzene rings is 1. The van der Waals surface area contributed by atoms with Gasteiger partial charge in [-0.15, -0.1) is 0 Å². The van der Waals surface area contributed by atoms with E-state index in [0.717, 1.165) is 6.07 Å². The van der Waals surface area contributed by atoms with E-state index in [0.29, 0.717) is 6.42 Å². The molecule has 0 spiro atoms. The van der Waals surface area contributed by atoms with E-state index in [2.05, 4.69) is 5.32 Å². The molecule has 13 heteroatoms. The molecule has 30 heavy (non-hydrogen) atoms. The van der Waals surface area contributed by atoms with Crippen LogP contribution in [0.25, 0.3) is 0 Å². The predicted octanol–water partition coefficient (Wildman–Crippen LogP) is 0.557. The molecule has 11 nitrogen and oxygen atoms in total. The van der Waals surface area contributed by atoms with Crippen molar-refractivity contribution in [2.75, 3.05) is 31.2 Å². The van der Waals surface area contributed by atoms with Crippen LogP contribution in [0.2, 0.25) is 5.02 Å². The summed E-state index contributed by atoms with van der Waals surface area (Å²) in [5.74, 6) is -2.30. The molecule has 1 aliphatic rings. The maximum Gasteiger partial charge on any atom is 0.325 e. The molecule has 0 unspecified atom stereocenters. The van der Waals surface area contributed by atoms with Gasteiger partial charge >= 0.3 is 5.97 Å². The first-order valence-electron chi connectivity index (χ1n) is 8.91. The van der Waals surface area contributed by atoms with Crippen molar-refractivity contribution in [2.24, 2.45) is 0 Å². The van der Waals surface area contributed by atoms with Crippen molar-refractivity contribution in [3.05, 3.63) is 38.9 Å². The number of nitro groups is 1. The summed E-state index contributed by atoms with van der Waals surface area (Å²) in [7, 11) is -3.17. The highest BCUT2D eigenvalue weighted by molar-refractivity contribution is 7.91. The number of nitro benzene ring substituents is 1. The number of carbonyl (C=O) groups is 3. The monoisotopic (exact) mass is 461 g/mol. The van der Waals surface area contributed by atoms with Crippen LogP contribution in [0.3, 0.4) is 0 Å². The van der Waals surface area contributed by atoms with Crippen LogP contribution in [0, 0.1) is 10.1 Å². The van der Waals surface area contributed by atoms with Crippen molar-refractivity contribution in [1.29, 1.82) is 0 Å². The topological polar surface area (TPSA) is 153 Å². The fourth-order valence-corrected chi connectivity index (χ4v) is 4.90. The average Bonchev–Trinajstić information content (AvgIpc) is 3.04. The highest BCUT2D eigenvalue weighted by Gasteiger charge is 2.34. The zero-order valence-corrected chi connectivity index (χ0v) is 17.6. The summed E-state index contributed by atoms with van der Waals surface area (Å²) < 4.78 is 28.0. The Morgan fingerprint density at radius 1 is 1.37 bits per heavy atom. The number of carbonyl (C=O) groups excluding carboxylic acids is 3. The third-order valence-electron chi connectivity index (χ3n) is 4.47. The number of esters is 1. The lowest BCUT2D eigenvalue weighted by atomic mass is 10.2. The minimum Gasteiger partial charge on any atom is -0.454 e. The van der Waals surface area contributed by atoms with Crippen LogP contribution in [-0.4, -0.2) is 73.3 Å². The normalized spacial score (nSPS) is 17.2. The van der Waals surface area contributed by atoms with Gasteiger partial charge in [-0.25, -0.2) is 8.42 Å². The summed E-state index contributed by atoms with van der Waals surface area (Å²) in [6.45, 7) is 0.802. The Bertz CT molecular complexity index is 966. The summed E-state index contributed by atoms with van der Waals surface area (Å²) in [5, 5.41) is 13.0. The van der Waals surface area contributed by atoms with Gasteiger partial charge in [0.2, 0.25) is 0 Å². The highest BCUT2D eigenvalue weighted by Crippen LogP contribution is 2.25. The second-order valence-corrected chi connectivity index (χ2v) is 9.14. The van der Waals surface area contributed by atoms with E-state index in [1.807, 2.05) is 0 Å². The fourth-order valence-electron chi connectivity index (χ4n) is 2.98. The minimum atomic E-state index is -3.17. The van der Waals surface area contributed by atoms with E-state index >= 15 is 0 Å². The Labute approximate surface area is 177 Å². The summed E-state index contributed by atoms with van der Waals surface area (Å²) in [4.78, 5) is 47.6. The third-order valence-corrected chi connectivity index (χ3v) is 6.54. The lowest BCUT2D eigenvalue weighted by Crippen LogP contribution is -2.43. The van der Waals surface area contributed by atoms with E-state index in [-0.39, 0.29) is 28.6 Å². The maximum atomic E-state index is 12.3. The molecule has 1 heterocycles. The van der Waals surface area contributed by atoms with Gasteiger partial charge in [-0.2, -0.15) is 0 Å². The summed E-state index contributed by atoms with van der Waals surface area (Å²) >= 11 is 5.68. The summed E-state index contributed by atoms with van der Waals surface area (Å²) in [6, 6.07) is 2.97. The van der Waals surface area contributed by atoms with Gasteiger partial charge in [0.25, 0.3) is 17.5 Å². The molecule has 1 fully saturated rings. The largest absolute Gasteiger partial charge is 0.454 e. The van der Waals surface area contributed by atoms with Gasteiger partial charge in [-0.05, 0) is 25.5 Å². The number of nitrogens with one attached hydrogen (secondary N) is 1. The highest BCUT2D eigenvalue weighted by atomic mass is 35.5. The van der Waals surface area contributed by atoms with Gasteiger partial charge in [0, 0.05) is 24.2 Å². The molecular formula is C17H20ClN3O8S. The van der Waals surface area contributed by atoms with Gasteiger partial charge in [0.15, 0.2) is 16.4 Å². The molecular weight excluding hydrogens is 442 g/mol. The van der Waals surface area contributed by atoms with Crippen molar-refractivity contribution in [3.8, 4) is 0 Å². The quantitative estimate of drug-likeness (QED) is 0.334. The molecule has 1 aromatic carbocycles. The van der Waals surface area contributed by atoms with Gasteiger partial charge in [0.1, 0.15) is 11.6 Å². The standard InChI is InChI=1S/C17H20ClN3O8S/c1-2-20(12-5-6-30(27,28)10-12)15(22)9-29-16(23)8-19-17(24)11-3-4-13(18)14(7-11)21(25)26/h3-4,7,12H,2,5-6,8-10H2,1H3,(H,19,24)/t12-/m1/s1. The Kier molecular flexibility index (Phi) is 7.73. The van der Waals surface area contributed by atoms with Gasteiger partial charge in [-0.3, -0.25) is 24.5 Å². The molecule has 1 aromatic rings. The first-order chi connectivity index (χ1) is 14.0. The van der Waals surface area contributed by atoms with E-state index in [1.54, 1.807) is 6.92 Å². The number of hydrogen-bond acceptors (Lipinski definition) is 8. The molecule has 0 bridgehead atoms. The molecule has 1 N–H and O–H groups in total. The zero-order valence-electron chi connectivity index (χ0n) is 16.0. The number of hydrogen-bond donors (Lipinski definition) is 1. The van der Waals surface area contributed by atoms with Gasteiger partial charge in [-0.1, -0.05) is 11.6 Å². The number of likely N-dealkylation sites (N-methyl/N-ethyl adjacent to an activating group) is 1. The molecule has 2 amide bonds. The molecule has 0 aliphatic carbocycles. The molecule has 0 radical (unpaired) electrons. The lowest BCUT2D eigenvalue weighted by molar-refractivity contribution is -0.384. The van der Waals surface area contributed by atoms with E-state index in [1.165, 1.54) is 17.0 Å². The Morgan fingerprint density at radius 3 is 2.63 bits per heavy atom. The van der Waals surface area contributed by atoms with Crippen molar-refractivity contribution < 1.29 is 32.5 Å². The Balaban J connectivity index is 1.84. The molecule has 2 rings (SSSR count). The fraction of sp³-hybridized carbons (Fsp3) is 0.471. The summed E-state index contributed by atoms with van der Waals surface area (Å²) in [5.41, 5.74) is -0.527. The van der Waals surface area contributed by atoms with E-state index < -0.39 is 57.4 Å². The van der Waals surface area contributed by atoms with Crippen LogP contribution in [0.5, 0.6) is 0 Å². The second kappa shape index (κ2) is 9.85. The number of sulfone groups is 1. The minimum absolute atomic E-state index is 0.0100. The molecule has 1 saturated heterocycles. The second-order valence-electron chi connectivity index (χ2n) is 6.50. The van der Waals surface area contributed by atoms with Crippen molar-refractivity contribution in [1.82, 2.24) is 10.2 Å². The molecule has 0 aromatic heterocycles. The van der Waals surface area contributed by atoms with Crippen LogP contribution in [-0.2, 0) is 24.2 Å². The number of rotatable bonds is 8. The number of nitrogens with zero attached hydrogens (tertiary/aromatic N) is 2. The number of halogens is 1. The van der Waals surface area contributed by atoms with Crippen molar-refractivity contribution in [2.45, 2.75) is 19.4 Å². The maximum absolute atomic E-state index is 12.3. The van der Waals surface area contributed by atoms with Crippen LogP contribution < -0.4 is 5.32 Å². The predicted molar refractivity (Wildman–Crippen MR) is 106 cm³/mol. The van der Waals surface area contributed by atoms with Crippen LogP contribution in [0.1, 0.15) is 23.7 Å². The number of amides is 2. The van der Waals surface area contributed by atoms with E-state index in [9.17, 15) is 32.9 Å². The van der Waals surface area contributed by atoms with Gasteiger partial charge < -0.3 is 15.0 Å². The first-order valence-corrected chi connectivity index (χ1v) is 11.1. The smallest absolute Gasteiger partial charge is 0.325 e. The molecule has 1 aliphatic heterocycles. The molecule has 1 atom stereocenters. The average molecular weight is 462 g/mol. The first kappa shape index (κ1) is 23.5. The van der Waals surface area contributed by atoms with Crippen molar-refractivity contribution >= 4 is 44.9 Å². The molecule has 0 saturated carbocycles. The van der Waals surface area contributed by atoms with Crippen molar-refractivity contribution in [3.63, 3.8) is 0 Å². The summed E-state index contributed by atoms with van der Waals surface area (Å²) in [6.07, 6.45) is 0.332. The SMILES string of the molecule is CCN(C(=O)COC(=O)CNC(=O)c1ccc(Cl)c([N+](=O)[O-])c1)[C@@H]1CCS(=O)(=O)C1. The Hall–Kier alpha value is -2.73. The van der Waals surface area contributed by atoms with Gasteiger partial charge in [0.05, 0.1) is 16.4 Å². The number of ether oxygens (including phenoxy) is 1. The van der Waals surface area contributed by atoms with Crippen LogP contribution >= 0.6 is 11.6 Å². The van der Waals surface area contributed by atoms with E-state index in [4.69, 9.17) is 16.3 Å².